The Morgan fingerprint density at radius 1 is 1.10 bits per heavy atom. The van der Waals surface area contributed by atoms with Crippen LogP contribution in [0.15, 0.2) is 29.4 Å². The molecule has 3 rings (SSSR count). The van der Waals surface area contributed by atoms with Crippen molar-refractivity contribution in [1.82, 2.24) is 19.4 Å². The van der Waals surface area contributed by atoms with Gasteiger partial charge in [0.05, 0.1) is 16.8 Å². The molecule has 0 unspecified atom stereocenters. The Balaban J connectivity index is 1.83. The average Bonchev–Trinajstić information content (AvgIpc) is 3.03. The number of piperidine rings is 1. The lowest BCUT2D eigenvalue weighted by molar-refractivity contribution is -0.138. The molecule has 1 aliphatic rings. The second-order valence-corrected chi connectivity index (χ2v) is 10.1. The molecule has 0 saturated carbocycles. The molecule has 7 heteroatoms. The van der Waals surface area contributed by atoms with E-state index in [1.807, 2.05) is 66.3 Å². The summed E-state index contributed by atoms with van der Waals surface area (Å²) in [5.74, 6) is 0.532. The van der Waals surface area contributed by atoms with Gasteiger partial charge < -0.3 is 14.4 Å². The SMILES string of the molecule is CC(C)N(C(=O)CSc1nc2ccccc2n1CC(=O)N1[C@H](C)CCC[C@@H]1C)C(C)C. The van der Waals surface area contributed by atoms with Crippen molar-refractivity contribution in [2.24, 2.45) is 0 Å². The third-order valence-corrected chi connectivity index (χ3v) is 7.08. The Morgan fingerprint density at radius 3 is 2.32 bits per heavy atom. The van der Waals surface area contributed by atoms with Gasteiger partial charge in [-0.2, -0.15) is 0 Å². The van der Waals surface area contributed by atoms with Crippen LogP contribution in [0.4, 0.5) is 0 Å². The molecule has 1 aliphatic heterocycles. The van der Waals surface area contributed by atoms with Crippen LogP contribution in [0.1, 0.15) is 60.8 Å². The van der Waals surface area contributed by atoms with Gasteiger partial charge in [-0.25, -0.2) is 4.98 Å². The molecule has 0 N–H and O–H groups in total. The molecule has 1 aromatic carbocycles. The van der Waals surface area contributed by atoms with Crippen molar-refractivity contribution >= 4 is 34.6 Å². The van der Waals surface area contributed by atoms with E-state index in [4.69, 9.17) is 4.98 Å². The number of imidazole rings is 1. The zero-order chi connectivity index (χ0) is 22.7. The van der Waals surface area contributed by atoms with Gasteiger partial charge in [-0.05, 0) is 72.9 Å². The van der Waals surface area contributed by atoms with E-state index in [2.05, 4.69) is 13.8 Å². The quantitative estimate of drug-likeness (QED) is 0.587. The van der Waals surface area contributed by atoms with Crippen molar-refractivity contribution in [2.75, 3.05) is 5.75 Å². The Morgan fingerprint density at radius 2 is 1.71 bits per heavy atom. The lowest BCUT2D eigenvalue weighted by atomic mass is 9.97. The van der Waals surface area contributed by atoms with E-state index in [-0.39, 0.29) is 42.5 Å². The number of aromatic nitrogens is 2. The molecule has 0 bridgehead atoms. The number of carbonyl (C=O) groups excluding carboxylic acids is 2. The fourth-order valence-corrected chi connectivity index (χ4v) is 5.70. The highest BCUT2D eigenvalue weighted by atomic mass is 32.2. The first-order valence-electron chi connectivity index (χ1n) is 11.4. The van der Waals surface area contributed by atoms with Crippen LogP contribution in [0.5, 0.6) is 0 Å². The van der Waals surface area contributed by atoms with Gasteiger partial charge in [-0.15, -0.1) is 0 Å². The number of amides is 2. The summed E-state index contributed by atoms with van der Waals surface area (Å²) in [6.45, 7) is 12.7. The predicted molar refractivity (Wildman–Crippen MR) is 127 cm³/mol. The van der Waals surface area contributed by atoms with E-state index in [0.717, 1.165) is 29.0 Å². The molecule has 0 radical (unpaired) electrons. The molecule has 1 fully saturated rings. The van der Waals surface area contributed by atoms with E-state index < -0.39 is 0 Å². The molecule has 2 aromatic rings. The smallest absolute Gasteiger partial charge is 0.243 e. The van der Waals surface area contributed by atoms with Crippen LogP contribution in [-0.2, 0) is 16.1 Å². The van der Waals surface area contributed by atoms with Crippen molar-refractivity contribution in [3.05, 3.63) is 24.3 Å². The monoisotopic (exact) mass is 444 g/mol. The largest absolute Gasteiger partial charge is 0.337 e. The number of hydrogen-bond donors (Lipinski definition) is 0. The number of hydrogen-bond acceptors (Lipinski definition) is 4. The summed E-state index contributed by atoms with van der Waals surface area (Å²) in [7, 11) is 0. The Hall–Kier alpha value is -2.02. The van der Waals surface area contributed by atoms with Gasteiger partial charge >= 0.3 is 0 Å². The maximum atomic E-state index is 13.3. The Bertz CT molecular complexity index is 905. The Labute approximate surface area is 190 Å². The topological polar surface area (TPSA) is 58.4 Å². The predicted octanol–water partition coefficient (Wildman–Crippen LogP) is 4.56. The lowest BCUT2D eigenvalue weighted by Crippen LogP contribution is -2.48. The van der Waals surface area contributed by atoms with E-state index in [0.29, 0.717) is 5.75 Å². The minimum atomic E-state index is 0.0956. The molecule has 31 heavy (non-hydrogen) atoms. The number of fused-ring (bicyclic) bond motifs is 1. The molecule has 0 aliphatic carbocycles. The van der Waals surface area contributed by atoms with E-state index >= 15 is 0 Å². The first-order valence-corrected chi connectivity index (χ1v) is 12.4. The van der Waals surface area contributed by atoms with Crippen LogP contribution in [0.2, 0.25) is 0 Å². The number of benzene rings is 1. The highest BCUT2D eigenvalue weighted by Crippen LogP contribution is 2.27. The molecule has 2 amide bonds. The maximum absolute atomic E-state index is 13.3. The third-order valence-electron chi connectivity index (χ3n) is 6.12. The minimum Gasteiger partial charge on any atom is -0.337 e. The number of para-hydroxylation sites is 2. The summed E-state index contributed by atoms with van der Waals surface area (Å²) in [6, 6.07) is 8.70. The number of carbonyl (C=O) groups is 2. The fraction of sp³-hybridized carbons (Fsp3) is 0.625. The van der Waals surface area contributed by atoms with Gasteiger partial charge in [0.15, 0.2) is 5.16 Å². The van der Waals surface area contributed by atoms with Gasteiger partial charge in [0.25, 0.3) is 0 Å². The highest BCUT2D eigenvalue weighted by Gasteiger charge is 2.30. The minimum absolute atomic E-state index is 0.0956. The van der Waals surface area contributed by atoms with Crippen LogP contribution in [0.3, 0.4) is 0 Å². The van der Waals surface area contributed by atoms with Crippen molar-refractivity contribution in [1.29, 1.82) is 0 Å². The normalized spacial score (nSPS) is 19.4. The van der Waals surface area contributed by atoms with Crippen LogP contribution in [0.25, 0.3) is 11.0 Å². The molecule has 2 heterocycles. The van der Waals surface area contributed by atoms with Crippen molar-refractivity contribution in [2.45, 2.75) is 96.7 Å². The summed E-state index contributed by atoms with van der Waals surface area (Å²) in [6.07, 6.45) is 3.28. The summed E-state index contributed by atoms with van der Waals surface area (Å²) in [4.78, 5) is 34.9. The van der Waals surface area contributed by atoms with Crippen LogP contribution in [-0.4, -0.2) is 61.1 Å². The summed E-state index contributed by atoms with van der Waals surface area (Å²) < 4.78 is 1.98. The number of rotatable bonds is 7. The van der Waals surface area contributed by atoms with E-state index in [9.17, 15) is 9.59 Å². The summed E-state index contributed by atoms with van der Waals surface area (Å²) >= 11 is 1.42. The lowest BCUT2D eigenvalue weighted by Gasteiger charge is -2.39. The second kappa shape index (κ2) is 10.1. The molecular weight excluding hydrogens is 408 g/mol. The van der Waals surface area contributed by atoms with Gasteiger partial charge in [0, 0.05) is 24.2 Å². The summed E-state index contributed by atoms with van der Waals surface area (Å²) in [5, 5.41) is 0.729. The van der Waals surface area contributed by atoms with Crippen molar-refractivity contribution in [3.63, 3.8) is 0 Å². The molecular formula is C24H36N4O2S. The van der Waals surface area contributed by atoms with Crippen LogP contribution in [0, 0.1) is 0 Å². The molecule has 0 spiro atoms. The third kappa shape index (κ3) is 5.25. The van der Waals surface area contributed by atoms with Crippen LogP contribution < -0.4 is 0 Å². The van der Waals surface area contributed by atoms with Gasteiger partial charge in [-0.1, -0.05) is 23.9 Å². The zero-order valence-electron chi connectivity index (χ0n) is 19.7. The molecule has 2 atom stereocenters. The maximum Gasteiger partial charge on any atom is 0.243 e. The summed E-state index contributed by atoms with van der Waals surface area (Å²) in [5.41, 5.74) is 1.79. The van der Waals surface area contributed by atoms with Gasteiger partial charge in [-0.3, -0.25) is 9.59 Å². The second-order valence-electron chi connectivity index (χ2n) is 9.18. The average molecular weight is 445 g/mol. The number of thioether (sulfide) groups is 1. The first-order chi connectivity index (χ1) is 14.7. The fourth-order valence-electron chi connectivity index (χ4n) is 4.82. The van der Waals surface area contributed by atoms with E-state index in [1.54, 1.807) is 0 Å². The standard InChI is InChI=1S/C24H36N4O2S/c1-16(2)27(17(3)4)23(30)15-31-24-25-20-12-7-8-13-21(20)26(24)14-22(29)28-18(5)10-9-11-19(28)6/h7-8,12-13,16-19H,9-11,14-15H2,1-6H3/t18-,19+. The van der Waals surface area contributed by atoms with Crippen molar-refractivity contribution < 1.29 is 9.59 Å². The van der Waals surface area contributed by atoms with Crippen LogP contribution >= 0.6 is 11.8 Å². The van der Waals surface area contributed by atoms with Gasteiger partial charge in [0.2, 0.25) is 11.8 Å². The molecule has 6 nitrogen and oxygen atoms in total. The van der Waals surface area contributed by atoms with Crippen molar-refractivity contribution in [3.8, 4) is 0 Å². The molecule has 1 saturated heterocycles. The van der Waals surface area contributed by atoms with Gasteiger partial charge in [0.1, 0.15) is 6.54 Å². The van der Waals surface area contributed by atoms with E-state index in [1.165, 1.54) is 18.2 Å². The molecule has 170 valence electrons. The number of likely N-dealkylation sites (tertiary alicyclic amines) is 1. The first kappa shape index (κ1) is 23.6. The highest BCUT2D eigenvalue weighted by molar-refractivity contribution is 7.99. The Kier molecular flexibility index (Phi) is 7.68. The number of nitrogens with zero attached hydrogens (tertiary/aromatic N) is 4. The zero-order valence-corrected chi connectivity index (χ0v) is 20.5. The molecule has 1 aromatic heterocycles.